The summed E-state index contributed by atoms with van der Waals surface area (Å²) in [6.07, 6.45) is 2.03. The number of hydrogen-bond donors (Lipinski definition) is 1. The maximum atomic E-state index is 11.4. The zero-order valence-corrected chi connectivity index (χ0v) is 14.6. The van der Waals surface area contributed by atoms with Gasteiger partial charge < -0.3 is 10.5 Å². The molecule has 1 saturated heterocycles. The fourth-order valence-corrected chi connectivity index (χ4v) is 3.46. The van der Waals surface area contributed by atoms with Crippen LogP contribution in [0.3, 0.4) is 0 Å². The van der Waals surface area contributed by atoms with Crippen LogP contribution in [-0.2, 0) is 6.54 Å². The molecule has 0 unspecified atom stereocenters. The first kappa shape index (κ1) is 17.9. The molecule has 2 aromatic carbocycles. The molecule has 1 atom stereocenters. The smallest absolute Gasteiger partial charge is 0.274 e. The van der Waals surface area contributed by atoms with Gasteiger partial charge in [-0.3, -0.25) is 19.8 Å². The quantitative estimate of drug-likeness (QED) is 0.634. The lowest BCUT2D eigenvalue weighted by atomic mass is 10.0. The van der Waals surface area contributed by atoms with Gasteiger partial charge in [0.2, 0.25) is 5.91 Å². The molecule has 2 aromatic rings. The minimum Gasteiger partial charge on any atom is -0.497 e. The van der Waals surface area contributed by atoms with Crippen molar-refractivity contribution in [2.45, 2.75) is 25.4 Å². The molecule has 26 heavy (non-hydrogen) atoms. The van der Waals surface area contributed by atoms with Crippen LogP contribution in [0.15, 0.2) is 42.5 Å². The SMILES string of the molecule is COc1ccc([C@@H]2CCCN2Cc2ccc(C(N)=O)cc2[N+](=O)[O-])cc1. The summed E-state index contributed by atoms with van der Waals surface area (Å²) in [5, 5.41) is 11.4. The molecule has 1 aliphatic heterocycles. The van der Waals surface area contributed by atoms with Gasteiger partial charge in [0.1, 0.15) is 5.75 Å². The summed E-state index contributed by atoms with van der Waals surface area (Å²) < 4.78 is 5.20. The number of hydrogen-bond acceptors (Lipinski definition) is 5. The number of rotatable bonds is 6. The highest BCUT2D eigenvalue weighted by Gasteiger charge is 2.28. The lowest BCUT2D eigenvalue weighted by Gasteiger charge is -2.25. The second kappa shape index (κ2) is 7.53. The van der Waals surface area contributed by atoms with Gasteiger partial charge in [-0.1, -0.05) is 18.2 Å². The number of carbonyl (C=O) groups is 1. The van der Waals surface area contributed by atoms with Gasteiger partial charge in [-0.25, -0.2) is 0 Å². The van der Waals surface area contributed by atoms with Gasteiger partial charge in [-0.15, -0.1) is 0 Å². The van der Waals surface area contributed by atoms with Crippen LogP contribution in [0.5, 0.6) is 5.75 Å². The van der Waals surface area contributed by atoms with Crippen LogP contribution < -0.4 is 10.5 Å². The van der Waals surface area contributed by atoms with Gasteiger partial charge >= 0.3 is 0 Å². The number of nitro groups is 1. The van der Waals surface area contributed by atoms with Crippen molar-refractivity contribution in [3.05, 3.63) is 69.3 Å². The van der Waals surface area contributed by atoms with Gasteiger partial charge in [0, 0.05) is 29.8 Å². The number of primary amides is 1. The molecule has 1 amide bonds. The predicted molar refractivity (Wildman–Crippen MR) is 97.0 cm³/mol. The number of benzene rings is 2. The minimum atomic E-state index is -0.670. The number of methoxy groups -OCH3 is 1. The third-order valence-electron chi connectivity index (χ3n) is 4.80. The van der Waals surface area contributed by atoms with Crippen molar-refractivity contribution >= 4 is 11.6 Å². The van der Waals surface area contributed by atoms with E-state index >= 15 is 0 Å². The lowest BCUT2D eigenvalue weighted by molar-refractivity contribution is -0.385. The molecular formula is C19H21N3O4. The highest BCUT2D eigenvalue weighted by atomic mass is 16.6. The van der Waals surface area contributed by atoms with E-state index in [2.05, 4.69) is 4.90 Å². The highest BCUT2D eigenvalue weighted by molar-refractivity contribution is 5.93. The standard InChI is InChI=1S/C19H21N3O4/c1-26-16-8-6-13(7-9-16)17-3-2-10-21(17)12-15-5-4-14(19(20)23)11-18(15)22(24)25/h4-9,11,17H,2-3,10,12H2,1H3,(H2,20,23)/t17-/m0/s1. The molecule has 2 N–H and O–H groups in total. The Morgan fingerprint density at radius 1 is 1.31 bits per heavy atom. The Hall–Kier alpha value is -2.93. The molecule has 7 nitrogen and oxygen atoms in total. The Morgan fingerprint density at radius 2 is 2.04 bits per heavy atom. The van der Waals surface area contributed by atoms with Crippen LogP contribution in [0.25, 0.3) is 0 Å². The van der Waals surface area contributed by atoms with Crippen LogP contribution in [0.2, 0.25) is 0 Å². The zero-order valence-electron chi connectivity index (χ0n) is 14.6. The van der Waals surface area contributed by atoms with Gasteiger partial charge in [-0.2, -0.15) is 0 Å². The monoisotopic (exact) mass is 355 g/mol. The van der Waals surface area contributed by atoms with Crippen molar-refractivity contribution in [3.8, 4) is 5.75 Å². The fourth-order valence-electron chi connectivity index (χ4n) is 3.46. The Kier molecular flexibility index (Phi) is 5.18. The molecule has 0 bridgehead atoms. The number of amides is 1. The summed E-state index contributed by atoms with van der Waals surface area (Å²) in [7, 11) is 1.63. The van der Waals surface area contributed by atoms with Crippen molar-refractivity contribution in [3.63, 3.8) is 0 Å². The second-order valence-electron chi connectivity index (χ2n) is 6.37. The second-order valence-corrected chi connectivity index (χ2v) is 6.37. The number of nitrogens with zero attached hydrogens (tertiary/aromatic N) is 2. The van der Waals surface area contributed by atoms with Crippen molar-refractivity contribution in [2.75, 3.05) is 13.7 Å². The van der Waals surface area contributed by atoms with Gasteiger partial charge in [0.15, 0.2) is 0 Å². The summed E-state index contributed by atoms with van der Waals surface area (Å²) >= 11 is 0. The molecule has 136 valence electrons. The summed E-state index contributed by atoms with van der Waals surface area (Å²) in [6.45, 7) is 1.32. The maximum absolute atomic E-state index is 11.4. The number of ether oxygens (including phenoxy) is 1. The molecule has 0 saturated carbocycles. The minimum absolute atomic E-state index is 0.0679. The van der Waals surface area contributed by atoms with Crippen LogP contribution >= 0.6 is 0 Å². The third kappa shape index (κ3) is 3.67. The summed E-state index contributed by atoms with van der Waals surface area (Å²) in [5.41, 5.74) is 7.07. The first-order valence-electron chi connectivity index (χ1n) is 8.44. The van der Waals surface area contributed by atoms with E-state index in [1.54, 1.807) is 19.2 Å². The van der Waals surface area contributed by atoms with E-state index in [0.29, 0.717) is 12.1 Å². The molecular weight excluding hydrogens is 334 g/mol. The van der Waals surface area contributed by atoms with E-state index in [1.165, 1.54) is 11.6 Å². The number of likely N-dealkylation sites (tertiary alicyclic amines) is 1. The van der Waals surface area contributed by atoms with E-state index in [9.17, 15) is 14.9 Å². The number of nitro benzene ring substituents is 1. The van der Waals surface area contributed by atoms with E-state index in [4.69, 9.17) is 10.5 Å². The normalized spacial score (nSPS) is 17.2. The van der Waals surface area contributed by atoms with Crippen molar-refractivity contribution in [2.24, 2.45) is 5.73 Å². The molecule has 0 aliphatic carbocycles. The molecule has 0 aromatic heterocycles. The van der Waals surface area contributed by atoms with E-state index in [0.717, 1.165) is 25.1 Å². The van der Waals surface area contributed by atoms with Gasteiger partial charge in [0.05, 0.1) is 12.0 Å². The first-order chi connectivity index (χ1) is 12.5. The highest BCUT2D eigenvalue weighted by Crippen LogP contribution is 2.35. The van der Waals surface area contributed by atoms with Crippen LogP contribution in [-0.4, -0.2) is 29.4 Å². The largest absolute Gasteiger partial charge is 0.497 e. The van der Waals surface area contributed by atoms with Gasteiger partial charge in [0.25, 0.3) is 5.69 Å². The fraction of sp³-hybridized carbons (Fsp3) is 0.316. The lowest BCUT2D eigenvalue weighted by Crippen LogP contribution is -2.23. The van der Waals surface area contributed by atoms with Crippen LogP contribution in [0.4, 0.5) is 5.69 Å². The summed E-state index contributed by atoms with van der Waals surface area (Å²) in [6, 6.07) is 12.6. The van der Waals surface area contributed by atoms with E-state index in [-0.39, 0.29) is 17.3 Å². The summed E-state index contributed by atoms with van der Waals surface area (Å²) in [5.74, 6) is 0.132. The number of carbonyl (C=O) groups excluding carboxylic acids is 1. The third-order valence-corrected chi connectivity index (χ3v) is 4.80. The Balaban J connectivity index is 1.85. The van der Waals surface area contributed by atoms with Gasteiger partial charge in [-0.05, 0) is 43.1 Å². The molecule has 0 spiro atoms. The van der Waals surface area contributed by atoms with E-state index < -0.39 is 10.8 Å². The van der Waals surface area contributed by atoms with Crippen molar-refractivity contribution in [1.82, 2.24) is 4.90 Å². The molecule has 0 radical (unpaired) electrons. The molecule has 3 rings (SSSR count). The van der Waals surface area contributed by atoms with Crippen molar-refractivity contribution < 1.29 is 14.5 Å². The molecule has 1 fully saturated rings. The average Bonchev–Trinajstić information content (AvgIpc) is 3.10. The zero-order chi connectivity index (χ0) is 18.7. The molecule has 1 aliphatic rings. The Morgan fingerprint density at radius 3 is 2.65 bits per heavy atom. The van der Waals surface area contributed by atoms with Crippen LogP contribution in [0, 0.1) is 10.1 Å². The maximum Gasteiger partial charge on any atom is 0.274 e. The Bertz CT molecular complexity index is 820. The Labute approximate surface area is 151 Å². The predicted octanol–water partition coefficient (Wildman–Crippen LogP) is 3.04. The topological polar surface area (TPSA) is 98.7 Å². The molecule has 1 heterocycles. The van der Waals surface area contributed by atoms with E-state index in [1.807, 2.05) is 24.3 Å². The number of nitrogens with two attached hydrogens (primary N) is 1. The summed E-state index contributed by atoms with van der Waals surface area (Å²) in [4.78, 5) is 24.5. The first-order valence-corrected chi connectivity index (χ1v) is 8.44. The van der Waals surface area contributed by atoms with Crippen molar-refractivity contribution in [1.29, 1.82) is 0 Å². The van der Waals surface area contributed by atoms with Crippen LogP contribution in [0.1, 0.15) is 40.4 Å². The molecule has 7 heteroatoms. The average molecular weight is 355 g/mol.